The normalized spacial score (nSPS) is 16.0. The number of amides is 2. The average molecular weight is 359 g/mol. The van der Waals surface area contributed by atoms with Gasteiger partial charge in [-0.05, 0) is 46.7 Å². The van der Waals surface area contributed by atoms with Crippen molar-refractivity contribution < 1.29 is 9.59 Å². The van der Waals surface area contributed by atoms with E-state index in [-0.39, 0.29) is 17.7 Å². The second-order valence-electron chi connectivity index (χ2n) is 6.32. The third kappa shape index (κ3) is 3.16. The van der Waals surface area contributed by atoms with Crippen LogP contribution in [-0.2, 0) is 11.3 Å². The lowest BCUT2D eigenvalue weighted by Crippen LogP contribution is -2.27. The van der Waals surface area contributed by atoms with Crippen molar-refractivity contribution in [1.82, 2.24) is 4.90 Å². The van der Waals surface area contributed by atoms with E-state index < -0.39 is 0 Å². The van der Waals surface area contributed by atoms with Crippen molar-refractivity contribution in [3.8, 4) is 0 Å². The predicted octanol–water partition coefficient (Wildman–Crippen LogP) is 5.38. The third-order valence-electron chi connectivity index (χ3n) is 4.42. The molecule has 4 heteroatoms. The molecule has 26 heavy (non-hydrogen) atoms. The zero-order valence-electron chi connectivity index (χ0n) is 14.3. The second kappa shape index (κ2) is 6.81. The second-order valence-corrected chi connectivity index (χ2v) is 7.31. The molecule has 0 unspecified atom stereocenters. The highest BCUT2D eigenvalue weighted by Crippen LogP contribution is 2.34. The Morgan fingerprint density at radius 2 is 1.73 bits per heavy atom. The number of thioether (sulfide) groups is 1. The summed E-state index contributed by atoms with van der Waals surface area (Å²) in [6.07, 6.45) is 1.79. The number of rotatable bonds is 3. The number of fused-ring (bicyclic) bond motifs is 1. The number of imide groups is 1. The van der Waals surface area contributed by atoms with Crippen LogP contribution in [0.4, 0.5) is 4.79 Å². The summed E-state index contributed by atoms with van der Waals surface area (Å²) in [5, 5.41) is 1.95. The lowest BCUT2D eigenvalue weighted by Gasteiger charge is -2.14. The van der Waals surface area contributed by atoms with Crippen molar-refractivity contribution in [2.75, 3.05) is 0 Å². The van der Waals surface area contributed by atoms with Crippen molar-refractivity contribution >= 4 is 39.8 Å². The zero-order valence-corrected chi connectivity index (χ0v) is 15.1. The molecule has 1 aliphatic heterocycles. The number of nitrogens with zero attached hydrogens (tertiary/aromatic N) is 1. The van der Waals surface area contributed by atoms with E-state index in [9.17, 15) is 9.59 Å². The summed E-state index contributed by atoms with van der Waals surface area (Å²) in [5.74, 6) is -0.227. The fraction of sp³-hybridized carbons (Fsp3) is 0.0909. The van der Waals surface area contributed by atoms with Crippen LogP contribution in [0.1, 0.15) is 16.7 Å². The first-order chi connectivity index (χ1) is 12.6. The molecule has 3 aromatic rings. The van der Waals surface area contributed by atoms with Crippen LogP contribution in [0.25, 0.3) is 16.8 Å². The number of carbonyl (C=O) groups is 2. The van der Waals surface area contributed by atoms with Gasteiger partial charge in [0.2, 0.25) is 0 Å². The van der Waals surface area contributed by atoms with Crippen LogP contribution in [0.5, 0.6) is 0 Å². The highest BCUT2D eigenvalue weighted by molar-refractivity contribution is 8.18. The zero-order chi connectivity index (χ0) is 18.1. The summed E-state index contributed by atoms with van der Waals surface area (Å²) >= 11 is 1.01. The SMILES string of the molecule is Cc1cccc(/C=C2/SC(=O)N(Cc3cccc4ccccc34)C2=O)c1. The number of carbonyl (C=O) groups excluding carboxylic acids is 2. The van der Waals surface area contributed by atoms with Crippen LogP contribution in [0.3, 0.4) is 0 Å². The van der Waals surface area contributed by atoms with Crippen LogP contribution < -0.4 is 0 Å². The molecule has 0 atom stereocenters. The molecule has 1 aliphatic rings. The van der Waals surface area contributed by atoms with E-state index in [0.29, 0.717) is 4.91 Å². The van der Waals surface area contributed by atoms with Gasteiger partial charge in [0.05, 0.1) is 11.4 Å². The molecule has 0 N–H and O–H groups in total. The topological polar surface area (TPSA) is 37.4 Å². The van der Waals surface area contributed by atoms with Gasteiger partial charge in [-0.15, -0.1) is 0 Å². The number of hydrogen-bond acceptors (Lipinski definition) is 3. The van der Waals surface area contributed by atoms with Gasteiger partial charge in [0, 0.05) is 0 Å². The first-order valence-corrected chi connectivity index (χ1v) is 9.22. The predicted molar refractivity (Wildman–Crippen MR) is 107 cm³/mol. The molecule has 1 fully saturated rings. The molecule has 128 valence electrons. The van der Waals surface area contributed by atoms with Gasteiger partial charge in [0.1, 0.15) is 0 Å². The van der Waals surface area contributed by atoms with Crippen LogP contribution in [0.15, 0.2) is 71.6 Å². The molecule has 4 rings (SSSR count). The van der Waals surface area contributed by atoms with Gasteiger partial charge in [-0.1, -0.05) is 72.3 Å². The van der Waals surface area contributed by atoms with Gasteiger partial charge in [-0.3, -0.25) is 14.5 Å². The Morgan fingerprint density at radius 3 is 2.58 bits per heavy atom. The van der Waals surface area contributed by atoms with E-state index in [4.69, 9.17) is 0 Å². The smallest absolute Gasteiger partial charge is 0.268 e. The largest absolute Gasteiger partial charge is 0.293 e. The summed E-state index contributed by atoms with van der Waals surface area (Å²) in [5.41, 5.74) is 3.02. The Bertz CT molecular complexity index is 1050. The number of hydrogen-bond donors (Lipinski definition) is 0. The minimum atomic E-state index is -0.227. The van der Waals surface area contributed by atoms with Crippen molar-refractivity contribution in [3.63, 3.8) is 0 Å². The van der Waals surface area contributed by atoms with Gasteiger partial charge < -0.3 is 0 Å². The molecule has 3 nitrogen and oxygen atoms in total. The van der Waals surface area contributed by atoms with Crippen LogP contribution in [0.2, 0.25) is 0 Å². The minimum Gasteiger partial charge on any atom is -0.268 e. The van der Waals surface area contributed by atoms with Crippen LogP contribution in [-0.4, -0.2) is 16.0 Å². The quantitative estimate of drug-likeness (QED) is 0.589. The van der Waals surface area contributed by atoms with Crippen molar-refractivity contribution in [3.05, 3.63) is 88.3 Å². The fourth-order valence-electron chi connectivity index (χ4n) is 3.15. The van der Waals surface area contributed by atoms with Crippen LogP contribution >= 0.6 is 11.8 Å². The fourth-order valence-corrected chi connectivity index (χ4v) is 3.99. The minimum absolute atomic E-state index is 0.221. The Balaban J connectivity index is 1.63. The molecule has 0 aromatic heterocycles. The maximum atomic E-state index is 12.8. The number of aryl methyl sites for hydroxylation is 1. The van der Waals surface area contributed by atoms with E-state index in [1.165, 1.54) is 4.90 Å². The highest BCUT2D eigenvalue weighted by atomic mass is 32.2. The molecule has 3 aromatic carbocycles. The van der Waals surface area contributed by atoms with Gasteiger partial charge in [-0.2, -0.15) is 0 Å². The summed E-state index contributed by atoms with van der Waals surface area (Å²) < 4.78 is 0. The molecule has 2 amide bonds. The molecule has 0 spiro atoms. The van der Waals surface area contributed by atoms with E-state index >= 15 is 0 Å². The summed E-state index contributed by atoms with van der Waals surface area (Å²) in [6.45, 7) is 2.29. The lowest BCUT2D eigenvalue weighted by molar-refractivity contribution is -0.123. The molecule has 0 aliphatic carbocycles. The Labute approximate surface area is 156 Å². The van der Waals surface area contributed by atoms with E-state index in [1.807, 2.05) is 73.7 Å². The molecular formula is C22H17NO2S. The van der Waals surface area contributed by atoms with E-state index in [1.54, 1.807) is 6.08 Å². The first-order valence-electron chi connectivity index (χ1n) is 8.40. The molecule has 1 saturated heterocycles. The number of benzene rings is 3. The lowest BCUT2D eigenvalue weighted by atomic mass is 10.0. The monoisotopic (exact) mass is 359 g/mol. The van der Waals surface area contributed by atoms with Gasteiger partial charge in [0.15, 0.2) is 0 Å². The van der Waals surface area contributed by atoms with Crippen molar-refractivity contribution in [1.29, 1.82) is 0 Å². The van der Waals surface area contributed by atoms with E-state index in [2.05, 4.69) is 0 Å². The molecule has 0 bridgehead atoms. The maximum Gasteiger partial charge on any atom is 0.293 e. The maximum absolute atomic E-state index is 12.8. The van der Waals surface area contributed by atoms with Gasteiger partial charge in [0.25, 0.3) is 11.1 Å². The molecule has 1 heterocycles. The highest BCUT2D eigenvalue weighted by Gasteiger charge is 2.35. The molecule has 0 radical (unpaired) electrons. The standard InChI is InChI=1S/C22H17NO2S/c1-15-6-4-7-16(12-15)13-20-21(24)23(22(25)26-20)14-18-10-5-9-17-8-2-3-11-19(17)18/h2-13H,14H2,1H3/b20-13+. The van der Waals surface area contributed by atoms with Gasteiger partial charge >= 0.3 is 0 Å². The Kier molecular flexibility index (Phi) is 4.35. The third-order valence-corrected chi connectivity index (χ3v) is 5.33. The van der Waals surface area contributed by atoms with Crippen molar-refractivity contribution in [2.24, 2.45) is 0 Å². The van der Waals surface area contributed by atoms with Crippen LogP contribution in [0, 0.1) is 6.92 Å². The Hall–Kier alpha value is -2.85. The van der Waals surface area contributed by atoms with Crippen molar-refractivity contribution in [2.45, 2.75) is 13.5 Å². The Morgan fingerprint density at radius 1 is 0.962 bits per heavy atom. The molecule has 0 saturated carbocycles. The summed E-state index contributed by atoms with van der Waals surface area (Å²) in [7, 11) is 0. The first kappa shape index (κ1) is 16.6. The summed E-state index contributed by atoms with van der Waals surface area (Å²) in [6, 6.07) is 21.8. The molecular weight excluding hydrogens is 342 g/mol. The summed E-state index contributed by atoms with van der Waals surface area (Å²) in [4.78, 5) is 27.0. The van der Waals surface area contributed by atoms with Gasteiger partial charge in [-0.25, -0.2) is 0 Å². The van der Waals surface area contributed by atoms with E-state index in [0.717, 1.165) is 39.2 Å². The average Bonchev–Trinajstić information content (AvgIpc) is 2.89.